The molecule has 136 valence electrons. The van der Waals surface area contributed by atoms with Crippen LogP contribution in [0.3, 0.4) is 0 Å². The van der Waals surface area contributed by atoms with Crippen molar-refractivity contribution in [2.24, 2.45) is 4.99 Å². The van der Waals surface area contributed by atoms with E-state index in [1.54, 1.807) is 0 Å². The zero-order valence-electron chi connectivity index (χ0n) is 16.6. The summed E-state index contributed by atoms with van der Waals surface area (Å²) in [5.74, 6) is 0. The van der Waals surface area contributed by atoms with E-state index in [0.29, 0.717) is 0 Å². The van der Waals surface area contributed by atoms with E-state index in [4.69, 9.17) is 4.99 Å². The van der Waals surface area contributed by atoms with Crippen LogP contribution in [0, 0.1) is 13.8 Å². The zero-order chi connectivity index (χ0) is 19.3. The van der Waals surface area contributed by atoms with Crippen molar-refractivity contribution in [1.29, 1.82) is 0 Å². The number of aliphatic imine (C=N–C) groups is 1. The number of nitrogens with zero attached hydrogens (tertiary/aromatic N) is 1. The van der Waals surface area contributed by atoms with Crippen LogP contribution < -0.4 is 5.19 Å². The Morgan fingerprint density at radius 2 is 1.30 bits per heavy atom. The standard InChI is InChI=1S/C25H27NSi/c1-20-12-11-13-21(2)25(20)26-18-23(22-14-7-5-8-15-22)19-27(3,4)24-16-9-6-10-17-24/h5-19H,1-4H3/b23-19+,26-18?. The molecular formula is C25H27NSi. The summed E-state index contributed by atoms with van der Waals surface area (Å²) in [5.41, 5.74) is 8.34. The largest absolute Gasteiger partial charge is 0.256 e. The second kappa shape index (κ2) is 8.32. The number of hydrogen-bond acceptors (Lipinski definition) is 1. The highest BCUT2D eigenvalue weighted by molar-refractivity contribution is 6.94. The van der Waals surface area contributed by atoms with E-state index in [1.807, 2.05) is 6.21 Å². The van der Waals surface area contributed by atoms with E-state index >= 15 is 0 Å². The van der Waals surface area contributed by atoms with Gasteiger partial charge in [0.05, 0.1) is 5.69 Å². The molecule has 0 bridgehead atoms. The van der Waals surface area contributed by atoms with Crippen LogP contribution in [0.15, 0.2) is 89.6 Å². The molecule has 0 aliphatic rings. The van der Waals surface area contributed by atoms with Crippen molar-refractivity contribution in [2.45, 2.75) is 26.9 Å². The van der Waals surface area contributed by atoms with Crippen LogP contribution >= 0.6 is 0 Å². The molecular weight excluding hydrogens is 342 g/mol. The lowest BCUT2D eigenvalue weighted by molar-refractivity contribution is 1.33. The lowest BCUT2D eigenvalue weighted by Crippen LogP contribution is -2.39. The van der Waals surface area contributed by atoms with Gasteiger partial charge in [-0.15, -0.1) is 0 Å². The van der Waals surface area contributed by atoms with Crippen molar-refractivity contribution in [3.8, 4) is 0 Å². The van der Waals surface area contributed by atoms with Gasteiger partial charge >= 0.3 is 0 Å². The van der Waals surface area contributed by atoms with Gasteiger partial charge in [0.25, 0.3) is 0 Å². The van der Waals surface area contributed by atoms with Crippen molar-refractivity contribution in [1.82, 2.24) is 0 Å². The molecule has 2 heteroatoms. The van der Waals surface area contributed by atoms with Gasteiger partial charge in [0.1, 0.15) is 8.07 Å². The molecule has 3 rings (SSSR count). The summed E-state index contributed by atoms with van der Waals surface area (Å²) in [5, 5.41) is 1.43. The molecule has 0 aromatic heterocycles. The maximum absolute atomic E-state index is 4.89. The highest BCUT2D eigenvalue weighted by Gasteiger charge is 2.21. The minimum absolute atomic E-state index is 1.07. The van der Waals surface area contributed by atoms with Crippen LogP contribution in [0.4, 0.5) is 5.69 Å². The average Bonchev–Trinajstić information content (AvgIpc) is 2.68. The molecule has 0 unspecified atom stereocenters. The van der Waals surface area contributed by atoms with Gasteiger partial charge in [-0.2, -0.15) is 0 Å². The van der Waals surface area contributed by atoms with Crippen molar-refractivity contribution < 1.29 is 0 Å². The predicted octanol–water partition coefficient (Wildman–Crippen LogP) is 6.24. The van der Waals surface area contributed by atoms with Gasteiger partial charge in [-0.25, -0.2) is 0 Å². The molecule has 0 fully saturated rings. The lowest BCUT2D eigenvalue weighted by Gasteiger charge is -2.20. The summed E-state index contributed by atoms with van der Waals surface area (Å²) >= 11 is 0. The second-order valence-corrected chi connectivity index (χ2v) is 11.9. The molecule has 0 aliphatic heterocycles. The molecule has 3 aromatic rings. The van der Waals surface area contributed by atoms with Gasteiger partial charge < -0.3 is 0 Å². The molecule has 1 nitrogen and oxygen atoms in total. The number of hydrogen-bond donors (Lipinski definition) is 0. The first-order chi connectivity index (χ1) is 13.0. The highest BCUT2D eigenvalue weighted by Crippen LogP contribution is 2.24. The van der Waals surface area contributed by atoms with Crippen LogP contribution in [-0.4, -0.2) is 14.3 Å². The third-order valence-corrected chi connectivity index (χ3v) is 7.77. The van der Waals surface area contributed by atoms with Gasteiger partial charge in [-0.05, 0) is 36.1 Å². The van der Waals surface area contributed by atoms with Crippen molar-refractivity contribution in [3.05, 3.63) is 101 Å². The van der Waals surface area contributed by atoms with Gasteiger partial charge in [0.15, 0.2) is 0 Å². The molecule has 0 saturated carbocycles. The fraction of sp³-hybridized carbons (Fsp3) is 0.160. The summed E-state index contributed by atoms with van der Waals surface area (Å²) < 4.78 is 0. The molecule has 27 heavy (non-hydrogen) atoms. The highest BCUT2D eigenvalue weighted by atomic mass is 28.3. The Morgan fingerprint density at radius 1 is 0.741 bits per heavy atom. The van der Waals surface area contributed by atoms with Gasteiger partial charge in [-0.1, -0.05) is 103 Å². The Morgan fingerprint density at radius 3 is 1.89 bits per heavy atom. The summed E-state index contributed by atoms with van der Waals surface area (Å²) in [6.07, 6.45) is 2.04. The van der Waals surface area contributed by atoms with Gasteiger partial charge in [-0.3, -0.25) is 4.99 Å². The number of rotatable bonds is 5. The van der Waals surface area contributed by atoms with Crippen LogP contribution in [0.5, 0.6) is 0 Å². The van der Waals surface area contributed by atoms with Crippen LogP contribution in [0.25, 0.3) is 5.57 Å². The first-order valence-electron chi connectivity index (χ1n) is 9.41. The first-order valence-corrected chi connectivity index (χ1v) is 12.5. The van der Waals surface area contributed by atoms with E-state index in [9.17, 15) is 0 Å². The van der Waals surface area contributed by atoms with Gasteiger partial charge in [0.2, 0.25) is 0 Å². The Kier molecular flexibility index (Phi) is 5.87. The van der Waals surface area contributed by atoms with E-state index < -0.39 is 8.07 Å². The Bertz CT molecular complexity index is 934. The maximum atomic E-state index is 4.89. The molecule has 0 atom stereocenters. The number of aryl methyl sites for hydroxylation is 2. The summed E-state index contributed by atoms with van der Waals surface area (Å²) in [4.78, 5) is 4.89. The molecule has 0 heterocycles. The number of allylic oxidation sites excluding steroid dienone is 1. The lowest BCUT2D eigenvalue weighted by atomic mass is 10.1. The predicted molar refractivity (Wildman–Crippen MR) is 122 cm³/mol. The third-order valence-electron chi connectivity index (χ3n) is 4.91. The molecule has 3 aromatic carbocycles. The Hall–Kier alpha value is -2.71. The molecule has 0 N–H and O–H groups in total. The van der Waals surface area contributed by atoms with Gasteiger partial charge in [0, 0.05) is 6.21 Å². The number of benzene rings is 3. The SMILES string of the molecule is Cc1cccc(C)c1N=C/C(=C\[Si](C)(C)c1ccccc1)c1ccccc1. The zero-order valence-corrected chi connectivity index (χ0v) is 17.6. The third kappa shape index (κ3) is 4.72. The second-order valence-electron chi connectivity index (χ2n) is 7.55. The molecule has 0 aliphatic carbocycles. The van der Waals surface area contributed by atoms with Crippen molar-refractivity contribution in [3.63, 3.8) is 0 Å². The van der Waals surface area contributed by atoms with E-state index in [-0.39, 0.29) is 0 Å². The quantitative estimate of drug-likeness (QED) is 0.373. The van der Waals surface area contributed by atoms with E-state index in [2.05, 4.69) is 112 Å². The fourth-order valence-electron chi connectivity index (χ4n) is 3.31. The molecule has 0 spiro atoms. The first kappa shape index (κ1) is 19.1. The smallest absolute Gasteiger partial charge is 0.104 e. The van der Waals surface area contributed by atoms with E-state index in [0.717, 1.165) is 5.69 Å². The topological polar surface area (TPSA) is 12.4 Å². The monoisotopic (exact) mass is 369 g/mol. The minimum atomic E-state index is -1.74. The Labute approximate surface area is 164 Å². The summed E-state index contributed by atoms with van der Waals surface area (Å²) in [6.45, 7) is 9.01. The molecule has 0 saturated heterocycles. The number of para-hydroxylation sites is 1. The fourth-order valence-corrected chi connectivity index (χ4v) is 5.55. The van der Waals surface area contributed by atoms with Crippen molar-refractivity contribution in [2.75, 3.05) is 0 Å². The normalized spacial score (nSPS) is 12.5. The van der Waals surface area contributed by atoms with E-state index in [1.165, 1.54) is 27.5 Å². The van der Waals surface area contributed by atoms with Crippen LogP contribution in [-0.2, 0) is 0 Å². The summed E-state index contributed by atoms with van der Waals surface area (Å²) in [6, 6.07) is 27.7. The average molecular weight is 370 g/mol. The van der Waals surface area contributed by atoms with Crippen LogP contribution in [0.2, 0.25) is 13.1 Å². The molecule has 0 radical (unpaired) electrons. The molecule has 0 amide bonds. The minimum Gasteiger partial charge on any atom is -0.256 e. The summed E-state index contributed by atoms with van der Waals surface area (Å²) in [7, 11) is -1.74. The van der Waals surface area contributed by atoms with Crippen LogP contribution in [0.1, 0.15) is 16.7 Å². The maximum Gasteiger partial charge on any atom is 0.104 e. The Balaban J connectivity index is 2.06. The van der Waals surface area contributed by atoms with Crippen molar-refractivity contribution >= 4 is 30.7 Å².